The van der Waals surface area contributed by atoms with E-state index in [9.17, 15) is 0 Å². The summed E-state index contributed by atoms with van der Waals surface area (Å²) in [5.74, 6) is 2.52. The van der Waals surface area contributed by atoms with Gasteiger partial charge in [-0.3, -0.25) is 0 Å². The molecule has 2 heterocycles. The van der Waals surface area contributed by atoms with Gasteiger partial charge in [0.05, 0.1) is 17.2 Å². The van der Waals surface area contributed by atoms with Crippen LogP contribution in [0, 0.1) is 11.8 Å². The summed E-state index contributed by atoms with van der Waals surface area (Å²) in [5.41, 5.74) is 1.09. The highest BCUT2D eigenvalue weighted by Crippen LogP contribution is 2.21. The van der Waals surface area contributed by atoms with Crippen molar-refractivity contribution in [3.8, 4) is 0 Å². The maximum atomic E-state index is 4.80. The Bertz CT molecular complexity index is 459. The van der Waals surface area contributed by atoms with Crippen LogP contribution in [0.4, 0.5) is 0 Å². The summed E-state index contributed by atoms with van der Waals surface area (Å²) in [7, 11) is 0. The number of guanidine groups is 1. The number of nitrogens with one attached hydrogen (secondary N) is 1. The summed E-state index contributed by atoms with van der Waals surface area (Å²) in [6, 6.07) is 0. The van der Waals surface area contributed by atoms with E-state index in [1.165, 1.54) is 11.4 Å². The molecule has 2 unspecified atom stereocenters. The summed E-state index contributed by atoms with van der Waals surface area (Å²) in [5, 5.41) is 6.77. The number of thiazole rings is 1. The van der Waals surface area contributed by atoms with Crippen LogP contribution in [0.25, 0.3) is 0 Å². The molecule has 0 amide bonds. The molecule has 4 nitrogen and oxygen atoms in total. The van der Waals surface area contributed by atoms with Crippen molar-refractivity contribution in [1.82, 2.24) is 15.2 Å². The van der Waals surface area contributed by atoms with E-state index in [0.29, 0.717) is 6.54 Å². The van der Waals surface area contributed by atoms with Crippen LogP contribution in [0.5, 0.6) is 0 Å². The molecule has 1 aromatic rings. The molecule has 5 heteroatoms. The fraction of sp³-hybridized carbons (Fsp3) is 0.750. The predicted octanol–water partition coefficient (Wildman–Crippen LogP) is 3.15. The first-order valence-electron chi connectivity index (χ1n) is 8.08. The second-order valence-electron chi connectivity index (χ2n) is 6.11. The van der Waals surface area contributed by atoms with Gasteiger partial charge in [-0.15, -0.1) is 11.3 Å². The number of hydrogen-bond acceptors (Lipinski definition) is 3. The summed E-state index contributed by atoms with van der Waals surface area (Å²) in [4.78, 5) is 11.8. The first-order valence-corrected chi connectivity index (χ1v) is 8.96. The molecule has 0 aromatic carbocycles. The summed E-state index contributed by atoms with van der Waals surface area (Å²) in [6.45, 7) is 12.7. The van der Waals surface area contributed by atoms with Crippen LogP contribution in [-0.4, -0.2) is 35.5 Å². The Labute approximate surface area is 132 Å². The molecule has 1 aliphatic heterocycles. The van der Waals surface area contributed by atoms with Gasteiger partial charge in [0.1, 0.15) is 0 Å². The van der Waals surface area contributed by atoms with Gasteiger partial charge in [-0.05, 0) is 31.6 Å². The normalized spacial score (nSPS) is 23.4. The second kappa shape index (κ2) is 7.78. The van der Waals surface area contributed by atoms with Crippen LogP contribution in [0.1, 0.15) is 44.8 Å². The van der Waals surface area contributed by atoms with Crippen LogP contribution in [0.15, 0.2) is 10.4 Å². The molecule has 1 N–H and O–H groups in total. The van der Waals surface area contributed by atoms with E-state index in [1.807, 2.05) is 0 Å². The molecular weight excluding hydrogens is 280 g/mol. The lowest BCUT2D eigenvalue weighted by molar-refractivity contribution is 0.208. The number of aliphatic imine (C=N–C) groups is 1. The zero-order chi connectivity index (χ0) is 15.2. The van der Waals surface area contributed by atoms with E-state index >= 15 is 0 Å². The molecule has 0 spiro atoms. The van der Waals surface area contributed by atoms with Gasteiger partial charge in [-0.2, -0.15) is 0 Å². The third-order valence-corrected chi connectivity index (χ3v) is 4.84. The summed E-state index contributed by atoms with van der Waals surface area (Å²) in [6.07, 6.45) is 2.33. The van der Waals surface area contributed by atoms with Crippen LogP contribution < -0.4 is 5.32 Å². The van der Waals surface area contributed by atoms with Crippen molar-refractivity contribution < 1.29 is 0 Å². The molecule has 1 aliphatic rings. The number of likely N-dealkylation sites (tertiary alicyclic amines) is 1. The van der Waals surface area contributed by atoms with E-state index in [0.717, 1.165) is 49.5 Å². The number of nitrogens with zero attached hydrogens (tertiary/aromatic N) is 3. The fourth-order valence-corrected chi connectivity index (χ4v) is 3.74. The number of rotatable bonds is 4. The maximum absolute atomic E-state index is 4.80. The minimum absolute atomic E-state index is 0.679. The molecule has 2 atom stereocenters. The van der Waals surface area contributed by atoms with Gasteiger partial charge < -0.3 is 10.2 Å². The Hall–Kier alpha value is -1.10. The molecular formula is C16H28N4S. The first kappa shape index (κ1) is 16.3. The molecule has 118 valence electrons. The Morgan fingerprint density at radius 1 is 1.38 bits per heavy atom. The van der Waals surface area contributed by atoms with E-state index in [-0.39, 0.29) is 0 Å². The molecule has 2 rings (SSSR count). The SMILES string of the molecule is CCNC(=NCc1csc(CC)n1)N1CC(C)CC(C)C1. The number of hydrogen-bond donors (Lipinski definition) is 1. The van der Waals surface area contributed by atoms with Crippen molar-refractivity contribution in [3.63, 3.8) is 0 Å². The Morgan fingerprint density at radius 2 is 2.10 bits per heavy atom. The molecule has 0 aliphatic carbocycles. The van der Waals surface area contributed by atoms with Gasteiger partial charge in [0, 0.05) is 25.0 Å². The predicted molar refractivity (Wildman–Crippen MR) is 90.8 cm³/mol. The van der Waals surface area contributed by atoms with Crippen molar-refractivity contribution in [2.45, 2.75) is 47.1 Å². The highest BCUT2D eigenvalue weighted by molar-refractivity contribution is 7.09. The van der Waals surface area contributed by atoms with Gasteiger partial charge in [-0.1, -0.05) is 20.8 Å². The third kappa shape index (κ3) is 4.70. The lowest BCUT2D eigenvalue weighted by atomic mass is 9.92. The highest BCUT2D eigenvalue weighted by atomic mass is 32.1. The zero-order valence-corrected chi connectivity index (χ0v) is 14.5. The van der Waals surface area contributed by atoms with Gasteiger partial charge in [0.2, 0.25) is 0 Å². The molecule has 1 saturated heterocycles. The largest absolute Gasteiger partial charge is 0.357 e. The summed E-state index contributed by atoms with van der Waals surface area (Å²) < 4.78 is 0. The van der Waals surface area contributed by atoms with Crippen molar-refractivity contribution in [3.05, 3.63) is 16.1 Å². The smallest absolute Gasteiger partial charge is 0.194 e. The Kier molecular flexibility index (Phi) is 6.03. The average molecular weight is 308 g/mol. The van der Waals surface area contributed by atoms with E-state index in [2.05, 4.69) is 48.3 Å². The van der Waals surface area contributed by atoms with Crippen molar-refractivity contribution in [1.29, 1.82) is 0 Å². The van der Waals surface area contributed by atoms with Crippen molar-refractivity contribution in [2.75, 3.05) is 19.6 Å². The highest BCUT2D eigenvalue weighted by Gasteiger charge is 2.23. The van der Waals surface area contributed by atoms with Crippen LogP contribution >= 0.6 is 11.3 Å². The fourth-order valence-electron chi connectivity index (χ4n) is 3.00. The van der Waals surface area contributed by atoms with E-state index in [1.54, 1.807) is 11.3 Å². The molecule has 0 saturated carbocycles. The number of piperidine rings is 1. The average Bonchev–Trinajstić information content (AvgIpc) is 2.90. The third-order valence-electron chi connectivity index (χ3n) is 3.80. The molecule has 21 heavy (non-hydrogen) atoms. The van der Waals surface area contributed by atoms with Crippen molar-refractivity contribution >= 4 is 17.3 Å². The van der Waals surface area contributed by atoms with Gasteiger partial charge in [-0.25, -0.2) is 9.98 Å². The maximum Gasteiger partial charge on any atom is 0.194 e. The van der Waals surface area contributed by atoms with Gasteiger partial charge >= 0.3 is 0 Å². The van der Waals surface area contributed by atoms with Crippen LogP contribution in [-0.2, 0) is 13.0 Å². The van der Waals surface area contributed by atoms with Gasteiger partial charge in [0.15, 0.2) is 5.96 Å². The summed E-state index contributed by atoms with van der Waals surface area (Å²) >= 11 is 1.74. The topological polar surface area (TPSA) is 40.5 Å². The minimum Gasteiger partial charge on any atom is -0.357 e. The zero-order valence-electron chi connectivity index (χ0n) is 13.7. The molecule has 0 bridgehead atoms. The van der Waals surface area contributed by atoms with Crippen molar-refractivity contribution in [2.24, 2.45) is 16.8 Å². The lowest BCUT2D eigenvalue weighted by Crippen LogP contribution is -2.48. The van der Waals surface area contributed by atoms with E-state index < -0.39 is 0 Å². The molecule has 0 radical (unpaired) electrons. The second-order valence-corrected chi connectivity index (χ2v) is 7.05. The monoisotopic (exact) mass is 308 g/mol. The number of aromatic nitrogens is 1. The molecule has 1 fully saturated rings. The standard InChI is InChI=1S/C16H28N4S/c1-5-15-19-14(11-21-15)8-18-16(17-6-2)20-9-12(3)7-13(4)10-20/h11-13H,5-10H2,1-4H3,(H,17,18). The molecule has 1 aromatic heterocycles. The van der Waals surface area contributed by atoms with Crippen LogP contribution in [0.2, 0.25) is 0 Å². The quantitative estimate of drug-likeness (QED) is 0.686. The lowest BCUT2D eigenvalue weighted by Gasteiger charge is -2.37. The minimum atomic E-state index is 0.679. The van der Waals surface area contributed by atoms with Gasteiger partial charge in [0.25, 0.3) is 0 Å². The number of aryl methyl sites for hydroxylation is 1. The van der Waals surface area contributed by atoms with Crippen LogP contribution in [0.3, 0.4) is 0 Å². The van der Waals surface area contributed by atoms with E-state index in [4.69, 9.17) is 4.99 Å². The first-order chi connectivity index (χ1) is 10.1. The Balaban J connectivity index is 2.04. The Morgan fingerprint density at radius 3 is 2.67 bits per heavy atom.